The highest BCUT2D eigenvalue weighted by Crippen LogP contribution is 2.30. The number of pyridine rings is 2. The van der Waals surface area contributed by atoms with Crippen molar-refractivity contribution in [1.29, 1.82) is 0 Å². The third-order valence-corrected chi connectivity index (χ3v) is 5.26. The van der Waals surface area contributed by atoms with Gasteiger partial charge in [0.05, 0.1) is 23.8 Å². The largest absolute Gasteiger partial charge is 0.497 e. The molecule has 0 aliphatic rings. The molecule has 0 saturated carbocycles. The van der Waals surface area contributed by atoms with E-state index in [0.717, 1.165) is 12.1 Å². The summed E-state index contributed by atoms with van der Waals surface area (Å²) < 4.78 is 45.6. The number of fused-ring (bicyclic) bond motifs is 1. The van der Waals surface area contributed by atoms with Crippen molar-refractivity contribution < 1.29 is 27.5 Å². The first kappa shape index (κ1) is 23.7. The molecule has 1 amide bonds. The van der Waals surface area contributed by atoms with Crippen LogP contribution in [0.15, 0.2) is 78.0 Å². The summed E-state index contributed by atoms with van der Waals surface area (Å²) in [7, 11) is 1.44. The predicted molar refractivity (Wildman–Crippen MR) is 123 cm³/mol. The number of aromatic nitrogens is 2. The van der Waals surface area contributed by atoms with Gasteiger partial charge in [0.25, 0.3) is 0 Å². The van der Waals surface area contributed by atoms with E-state index in [1.54, 1.807) is 6.07 Å². The van der Waals surface area contributed by atoms with Crippen molar-refractivity contribution in [2.75, 3.05) is 12.4 Å². The summed E-state index contributed by atoms with van der Waals surface area (Å²) in [5.41, 5.74) is -1.08. The number of amides is 1. The number of carbonyl (C=O) groups excluding carboxylic acids is 2. The van der Waals surface area contributed by atoms with Crippen molar-refractivity contribution in [3.8, 4) is 5.75 Å². The maximum absolute atomic E-state index is 13.1. The number of ketones is 1. The molecule has 2 aromatic heterocycles. The second-order valence-corrected chi connectivity index (χ2v) is 7.57. The molecule has 1 N–H and O–H groups in total. The molecule has 4 aromatic rings. The summed E-state index contributed by atoms with van der Waals surface area (Å²) in [6.45, 7) is -0.378. The van der Waals surface area contributed by atoms with Crippen LogP contribution in [0.2, 0.25) is 0 Å². The topological polar surface area (TPSA) is 90.3 Å². The molecule has 0 radical (unpaired) electrons. The van der Waals surface area contributed by atoms with Crippen LogP contribution in [-0.4, -0.2) is 28.4 Å². The van der Waals surface area contributed by atoms with Gasteiger partial charge in [-0.3, -0.25) is 19.4 Å². The van der Waals surface area contributed by atoms with E-state index in [4.69, 9.17) is 4.74 Å². The lowest BCUT2D eigenvalue weighted by atomic mass is 10.0. The molecule has 0 aliphatic carbocycles. The molecule has 2 aromatic carbocycles. The van der Waals surface area contributed by atoms with Crippen LogP contribution in [0.3, 0.4) is 0 Å². The summed E-state index contributed by atoms with van der Waals surface area (Å²) in [4.78, 5) is 42.7. The highest BCUT2D eigenvalue weighted by molar-refractivity contribution is 6.10. The number of hydrogen-bond donors (Lipinski definition) is 1. The van der Waals surface area contributed by atoms with E-state index in [1.165, 1.54) is 66.7 Å². The molecule has 35 heavy (non-hydrogen) atoms. The van der Waals surface area contributed by atoms with E-state index >= 15 is 0 Å². The summed E-state index contributed by atoms with van der Waals surface area (Å²) in [6.07, 6.45) is -0.465. The fraction of sp³-hybridized carbons (Fsp3) is 0.120. The first-order chi connectivity index (χ1) is 16.7. The van der Waals surface area contributed by atoms with Gasteiger partial charge in [0.1, 0.15) is 12.3 Å². The summed E-state index contributed by atoms with van der Waals surface area (Å²) >= 11 is 0. The van der Waals surface area contributed by atoms with Crippen LogP contribution in [0.1, 0.15) is 21.5 Å². The number of rotatable bonds is 6. The summed E-state index contributed by atoms with van der Waals surface area (Å²) in [5, 5.41) is 2.61. The summed E-state index contributed by atoms with van der Waals surface area (Å²) in [6, 6.07) is 11.7. The van der Waals surface area contributed by atoms with Crippen LogP contribution in [-0.2, 0) is 17.5 Å². The van der Waals surface area contributed by atoms with Gasteiger partial charge in [-0.25, -0.2) is 0 Å². The average Bonchev–Trinajstić information content (AvgIpc) is 2.85. The normalized spacial score (nSPS) is 11.3. The van der Waals surface area contributed by atoms with Gasteiger partial charge in [0.2, 0.25) is 11.3 Å². The summed E-state index contributed by atoms with van der Waals surface area (Å²) in [5.74, 6) is -0.793. The first-order valence-electron chi connectivity index (χ1n) is 10.3. The Labute approximate surface area is 196 Å². The Hall–Kier alpha value is -4.47. The lowest BCUT2D eigenvalue weighted by Crippen LogP contribution is -2.24. The van der Waals surface area contributed by atoms with E-state index in [0.29, 0.717) is 11.3 Å². The van der Waals surface area contributed by atoms with Crippen LogP contribution in [0.4, 0.5) is 18.9 Å². The van der Waals surface area contributed by atoms with Crippen LogP contribution < -0.4 is 15.5 Å². The van der Waals surface area contributed by atoms with Crippen molar-refractivity contribution >= 4 is 28.3 Å². The Morgan fingerprint density at radius 1 is 1.06 bits per heavy atom. The fourth-order valence-corrected chi connectivity index (χ4v) is 3.58. The number of methoxy groups -OCH3 is 1. The first-order valence-corrected chi connectivity index (χ1v) is 10.3. The van der Waals surface area contributed by atoms with E-state index in [1.807, 2.05) is 0 Å². The minimum atomic E-state index is -4.56. The third-order valence-electron chi connectivity index (χ3n) is 5.26. The molecular formula is C25H18F3N3O4. The molecule has 0 atom stereocenters. The molecule has 0 fully saturated rings. The molecular weight excluding hydrogens is 463 g/mol. The van der Waals surface area contributed by atoms with Gasteiger partial charge in [0, 0.05) is 41.3 Å². The number of carbonyl (C=O) groups is 2. The zero-order valence-electron chi connectivity index (χ0n) is 18.3. The van der Waals surface area contributed by atoms with Gasteiger partial charge in [-0.2, -0.15) is 13.2 Å². The van der Waals surface area contributed by atoms with E-state index in [2.05, 4.69) is 10.3 Å². The molecule has 0 spiro atoms. The predicted octanol–water partition coefficient (Wildman–Crippen LogP) is 4.29. The number of hydrogen-bond acceptors (Lipinski definition) is 5. The molecule has 4 rings (SSSR count). The zero-order valence-corrected chi connectivity index (χ0v) is 18.3. The second kappa shape index (κ2) is 9.41. The van der Waals surface area contributed by atoms with Crippen molar-refractivity contribution in [3.05, 3.63) is 100 Å². The van der Waals surface area contributed by atoms with Crippen LogP contribution in [0, 0.1) is 0 Å². The van der Waals surface area contributed by atoms with Crippen LogP contribution in [0.25, 0.3) is 10.9 Å². The molecule has 0 bridgehead atoms. The molecule has 2 heterocycles. The quantitative estimate of drug-likeness (QED) is 0.415. The molecule has 178 valence electrons. The Bertz CT molecular complexity index is 1480. The fourth-order valence-electron chi connectivity index (χ4n) is 3.58. The number of nitrogens with zero attached hydrogens (tertiary/aromatic N) is 2. The average molecular weight is 481 g/mol. The third kappa shape index (κ3) is 5.06. The van der Waals surface area contributed by atoms with Crippen molar-refractivity contribution in [2.45, 2.75) is 12.7 Å². The van der Waals surface area contributed by atoms with Crippen molar-refractivity contribution in [2.24, 2.45) is 0 Å². The standard InChI is InChI=1S/C25H18F3N3O4/c1-35-18-5-6-19-21(12-18)31(13-20(24(19)34)23(33)15-7-9-29-10-8-15)14-22(32)30-17-4-2-3-16(11-17)25(26,27)28/h2-13H,14H2,1H3,(H,30,32). The van der Waals surface area contributed by atoms with Crippen molar-refractivity contribution in [3.63, 3.8) is 0 Å². The number of benzene rings is 2. The SMILES string of the molecule is COc1ccc2c(=O)c(C(=O)c3ccncc3)cn(CC(=O)Nc3cccc(C(F)(F)F)c3)c2c1. The molecule has 0 saturated heterocycles. The lowest BCUT2D eigenvalue weighted by molar-refractivity contribution is -0.137. The van der Waals surface area contributed by atoms with Crippen LogP contribution in [0.5, 0.6) is 5.75 Å². The molecule has 7 nitrogen and oxygen atoms in total. The number of halogens is 3. The molecule has 0 unspecified atom stereocenters. The van der Waals surface area contributed by atoms with Crippen molar-refractivity contribution in [1.82, 2.24) is 9.55 Å². The van der Waals surface area contributed by atoms with E-state index in [9.17, 15) is 27.6 Å². The van der Waals surface area contributed by atoms with E-state index < -0.39 is 28.9 Å². The van der Waals surface area contributed by atoms with Gasteiger partial charge in [-0.1, -0.05) is 6.07 Å². The zero-order chi connectivity index (χ0) is 25.2. The number of alkyl halides is 3. The molecule has 0 aliphatic heterocycles. The maximum Gasteiger partial charge on any atom is 0.416 e. The highest BCUT2D eigenvalue weighted by Gasteiger charge is 2.30. The Balaban J connectivity index is 1.74. The van der Waals surface area contributed by atoms with Gasteiger partial charge >= 0.3 is 6.18 Å². The number of anilines is 1. The second-order valence-electron chi connectivity index (χ2n) is 7.57. The van der Waals surface area contributed by atoms with Gasteiger partial charge < -0.3 is 14.6 Å². The molecule has 10 heteroatoms. The van der Waals surface area contributed by atoms with Gasteiger partial charge in [0.15, 0.2) is 5.78 Å². The van der Waals surface area contributed by atoms with Crippen LogP contribution >= 0.6 is 0 Å². The number of ether oxygens (including phenoxy) is 1. The minimum absolute atomic E-state index is 0.0409. The van der Waals surface area contributed by atoms with E-state index in [-0.39, 0.29) is 28.7 Å². The van der Waals surface area contributed by atoms with Gasteiger partial charge in [-0.15, -0.1) is 0 Å². The monoisotopic (exact) mass is 481 g/mol. The Kier molecular flexibility index (Phi) is 6.37. The minimum Gasteiger partial charge on any atom is -0.497 e. The lowest BCUT2D eigenvalue weighted by Gasteiger charge is -2.15. The highest BCUT2D eigenvalue weighted by atomic mass is 19.4. The maximum atomic E-state index is 13.1. The van der Waals surface area contributed by atoms with Gasteiger partial charge in [-0.05, 0) is 42.5 Å². The Morgan fingerprint density at radius 3 is 2.49 bits per heavy atom. The number of nitrogens with one attached hydrogen (secondary N) is 1. The smallest absolute Gasteiger partial charge is 0.416 e. The Morgan fingerprint density at radius 2 is 1.80 bits per heavy atom.